The number of hydrogen-bond donors (Lipinski definition) is 1. The highest BCUT2D eigenvalue weighted by atomic mass is 16.5. The quantitative estimate of drug-likeness (QED) is 0.911. The molecular formula is C16H19NO3. The number of carbonyl (C=O) groups is 1. The summed E-state index contributed by atoms with van der Waals surface area (Å²) in [6.45, 7) is 4.72. The molecule has 4 heteroatoms. The Hall–Kier alpha value is -2.23. The van der Waals surface area contributed by atoms with Gasteiger partial charge in [-0.3, -0.25) is 4.79 Å². The lowest BCUT2D eigenvalue weighted by Crippen LogP contribution is -2.36. The first-order chi connectivity index (χ1) is 9.53. The zero-order valence-corrected chi connectivity index (χ0v) is 12.0. The molecule has 4 nitrogen and oxygen atoms in total. The first kappa shape index (κ1) is 14.2. The molecule has 0 aliphatic heterocycles. The van der Waals surface area contributed by atoms with Gasteiger partial charge in [0.1, 0.15) is 12.0 Å². The lowest BCUT2D eigenvalue weighted by atomic mass is 9.84. The Kier molecular flexibility index (Phi) is 4.13. The second-order valence-corrected chi connectivity index (χ2v) is 5.31. The van der Waals surface area contributed by atoms with E-state index >= 15 is 0 Å². The van der Waals surface area contributed by atoms with Crippen molar-refractivity contribution in [2.45, 2.75) is 19.3 Å². The van der Waals surface area contributed by atoms with E-state index in [1.807, 2.05) is 24.3 Å². The molecule has 1 aromatic carbocycles. The summed E-state index contributed by atoms with van der Waals surface area (Å²) in [7, 11) is 1.64. The normalized spacial score (nSPS) is 11.2. The van der Waals surface area contributed by atoms with Crippen LogP contribution in [0.4, 0.5) is 0 Å². The molecule has 0 unspecified atom stereocenters. The van der Waals surface area contributed by atoms with Crippen LogP contribution in [0, 0.1) is 0 Å². The SMILES string of the molecule is COc1ccc(C(C)(C)CNC(=O)c2ccoc2)cc1. The molecule has 20 heavy (non-hydrogen) atoms. The first-order valence-corrected chi connectivity index (χ1v) is 6.48. The van der Waals surface area contributed by atoms with E-state index in [1.54, 1.807) is 13.2 Å². The minimum absolute atomic E-state index is 0.125. The Morgan fingerprint density at radius 2 is 1.95 bits per heavy atom. The molecule has 2 aromatic rings. The molecule has 1 aromatic heterocycles. The van der Waals surface area contributed by atoms with E-state index in [2.05, 4.69) is 19.2 Å². The molecule has 0 radical (unpaired) electrons. The van der Waals surface area contributed by atoms with Crippen LogP contribution in [-0.4, -0.2) is 19.6 Å². The Balaban J connectivity index is 2.01. The first-order valence-electron chi connectivity index (χ1n) is 6.48. The van der Waals surface area contributed by atoms with E-state index < -0.39 is 0 Å². The van der Waals surface area contributed by atoms with Gasteiger partial charge in [-0.05, 0) is 23.8 Å². The predicted octanol–water partition coefficient (Wildman–Crippen LogP) is 3.00. The fraction of sp³-hybridized carbons (Fsp3) is 0.312. The summed E-state index contributed by atoms with van der Waals surface area (Å²) in [6.07, 6.45) is 2.93. The summed E-state index contributed by atoms with van der Waals surface area (Å²) in [5.41, 5.74) is 1.52. The minimum Gasteiger partial charge on any atom is -0.497 e. The van der Waals surface area contributed by atoms with Gasteiger partial charge in [-0.2, -0.15) is 0 Å². The number of methoxy groups -OCH3 is 1. The number of amides is 1. The molecule has 0 fully saturated rings. The standard InChI is InChI=1S/C16H19NO3/c1-16(2,13-4-6-14(19-3)7-5-13)11-17-15(18)12-8-9-20-10-12/h4-10H,11H2,1-3H3,(H,17,18). The van der Waals surface area contributed by atoms with Crippen molar-refractivity contribution in [2.24, 2.45) is 0 Å². The molecule has 0 aliphatic rings. The largest absolute Gasteiger partial charge is 0.497 e. The van der Waals surface area contributed by atoms with Gasteiger partial charge in [0.15, 0.2) is 0 Å². The van der Waals surface area contributed by atoms with Crippen LogP contribution in [0.25, 0.3) is 0 Å². The highest BCUT2D eigenvalue weighted by Gasteiger charge is 2.22. The molecule has 0 bridgehead atoms. The number of ether oxygens (including phenoxy) is 1. The predicted molar refractivity (Wildman–Crippen MR) is 77.1 cm³/mol. The molecule has 106 valence electrons. The fourth-order valence-corrected chi connectivity index (χ4v) is 1.94. The van der Waals surface area contributed by atoms with Gasteiger partial charge in [-0.1, -0.05) is 26.0 Å². The topological polar surface area (TPSA) is 51.5 Å². The monoisotopic (exact) mass is 273 g/mol. The van der Waals surface area contributed by atoms with Crippen molar-refractivity contribution >= 4 is 5.91 Å². The van der Waals surface area contributed by atoms with Crippen molar-refractivity contribution in [1.29, 1.82) is 0 Å². The number of furan rings is 1. The van der Waals surface area contributed by atoms with E-state index in [9.17, 15) is 4.79 Å². The van der Waals surface area contributed by atoms with Gasteiger partial charge in [0.25, 0.3) is 5.91 Å². The third-order valence-corrected chi connectivity index (χ3v) is 3.35. The van der Waals surface area contributed by atoms with Crippen molar-refractivity contribution in [1.82, 2.24) is 5.32 Å². The zero-order chi connectivity index (χ0) is 14.6. The average molecular weight is 273 g/mol. The smallest absolute Gasteiger partial charge is 0.254 e. The van der Waals surface area contributed by atoms with Gasteiger partial charge in [-0.15, -0.1) is 0 Å². The van der Waals surface area contributed by atoms with Crippen molar-refractivity contribution < 1.29 is 13.9 Å². The third kappa shape index (κ3) is 3.20. The summed E-state index contributed by atoms with van der Waals surface area (Å²) in [5, 5.41) is 2.92. The van der Waals surface area contributed by atoms with Crippen LogP contribution in [0.2, 0.25) is 0 Å². The number of nitrogens with one attached hydrogen (secondary N) is 1. The lowest BCUT2D eigenvalue weighted by Gasteiger charge is -2.25. The minimum atomic E-state index is -0.161. The van der Waals surface area contributed by atoms with Crippen LogP contribution in [0.3, 0.4) is 0 Å². The molecule has 0 saturated heterocycles. The zero-order valence-electron chi connectivity index (χ0n) is 12.0. The summed E-state index contributed by atoms with van der Waals surface area (Å²) < 4.78 is 10.1. The van der Waals surface area contributed by atoms with Crippen LogP contribution in [0.15, 0.2) is 47.3 Å². The van der Waals surface area contributed by atoms with Crippen molar-refractivity contribution in [3.05, 3.63) is 54.0 Å². The summed E-state index contributed by atoms with van der Waals surface area (Å²) in [6, 6.07) is 9.53. The highest BCUT2D eigenvalue weighted by molar-refractivity contribution is 5.93. The number of rotatable bonds is 5. The van der Waals surface area contributed by atoms with Gasteiger partial charge in [0, 0.05) is 12.0 Å². The van der Waals surface area contributed by atoms with Gasteiger partial charge in [0.05, 0.1) is 18.9 Å². The Morgan fingerprint density at radius 1 is 1.25 bits per heavy atom. The molecule has 1 amide bonds. The van der Waals surface area contributed by atoms with E-state index in [0.29, 0.717) is 12.1 Å². The Labute approximate surface area is 118 Å². The highest BCUT2D eigenvalue weighted by Crippen LogP contribution is 2.24. The second kappa shape index (κ2) is 5.82. The third-order valence-electron chi connectivity index (χ3n) is 3.35. The Morgan fingerprint density at radius 3 is 2.50 bits per heavy atom. The fourth-order valence-electron chi connectivity index (χ4n) is 1.94. The average Bonchev–Trinajstić information content (AvgIpc) is 2.99. The number of benzene rings is 1. The van der Waals surface area contributed by atoms with E-state index in [-0.39, 0.29) is 11.3 Å². The van der Waals surface area contributed by atoms with Crippen LogP contribution < -0.4 is 10.1 Å². The second-order valence-electron chi connectivity index (χ2n) is 5.31. The lowest BCUT2D eigenvalue weighted by molar-refractivity contribution is 0.0945. The van der Waals surface area contributed by atoms with Crippen LogP contribution in [0.1, 0.15) is 29.8 Å². The van der Waals surface area contributed by atoms with Crippen LogP contribution >= 0.6 is 0 Å². The van der Waals surface area contributed by atoms with E-state index in [1.165, 1.54) is 12.5 Å². The summed E-state index contributed by atoms with van der Waals surface area (Å²) in [4.78, 5) is 11.9. The molecule has 0 spiro atoms. The maximum absolute atomic E-state index is 11.9. The van der Waals surface area contributed by atoms with E-state index in [0.717, 1.165) is 11.3 Å². The molecule has 0 aliphatic carbocycles. The number of carbonyl (C=O) groups excluding carboxylic acids is 1. The van der Waals surface area contributed by atoms with Crippen LogP contribution in [-0.2, 0) is 5.41 Å². The van der Waals surface area contributed by atoms with Gasteiger partial charge in [0.2, 0.25) is 0 Å². The summed E-state index contributed by atoms with van der Waals surface area (Å²) in [5.74, 6) is 0.701. The maximum Gasteiger partial charge on any atom is 0.254 e. The van der Waals surface area contributed by atoms with Gasteiger partial charge in [-0.25, -0.2) is 0 Å². The van der Waals surface area contributed by atoms with Crippen LogP contribution in [0.5, 0.6) is 5.75 Å². The van der Waals surface area contributed by atoms with Crippen molar-refractivity contribution in [3.8, 4) is 5.75 Å². The van der Waals surface area contributed by atoms with Crippen molar-refractivity contribution in [3.63, 3.8) is 0 Å². The molecule has 1 N–H and O–H groups in total. The van der Waals surface area contributed by atoms with Crippen molar-refractivity contribution in [2.75, 3.05) is 13.7 Å². The van der Waals surface area contributed by atoms with Gasteiger partial charge >= 0.3 is 0 Å². The summed E-state index contributed by atoms with van der Waals surface area (Å²) >= 11 is 0. The molecular weight excluding hydrogens is 254 g/mol. The molecule has 0 saturated carbocycles. The van der Waals surface area contributed by atoms with E-state index in [4.69, 9.17) is 9.15 Å². The van der Waals surface area contributed by atoms with Gasteiger partial charge < -0.3 is 14.5 Å². The molecule has 0 atom stereocenters. The molecule has 1 heterocycles. The maximum atomic E-state index is 11.9. The Bertz CT molecular complexity index is 556. The molecule has 2 rings (SSSR count). The number of hydrogen-bond acceptors (Lipinski definition) is 3.